The Bertz CT molecular complexity index is 798. The quantitative estimate of drug-likeness (QED) is 0.704. The first-order valence-electron chi connectivity index (χ1n) is 8.10. The van der Waals surface area contributed by atoms with Crippen molar-refractivity contribution in [1.82, 2.24) is 5.32 Å². The zero-order chi connectivity index (χ0) is 18.7. The van der Waals surface area contributed by atoms with Crippen LogP contribution in [-0.2, 0) is 0 Å². The molecule has 2 aromatic rings. The van der Waals surface area contributed by atoms with Crippen LogP contribution in [0.3, 0.4) is 0 Å². The highest BCUT2D eigenvalue weighted by Gasteiger charge is 2.21. The maximum Gasteiger partial charge on any atom is 0.177 e. The summed E-state index contributed by atoms with van der Waals surface area (Å²) in [4.78, 5) is 1.77. The van der Waals surface area contributed by atoms with E-state index in [0.717, 1.165) is 16.8 Å². The Balaban J connectivity index is 2.55. The van der Waals surface area contributed by atoms with Gasteiger partial charge in [-0.15, -0.1) is 0 Å². The maximum absolute atomic E-state index is 10.4. The maximum atomic E-state index is 10.4. The van der Waals surface area contributed by atoms with E-state index in [-0.39, 0.29) is 17.4 Å². The van der Waals surface area contributed by atoms with Gasteiger partial charge in [0.2, 0.25) is 0 Å². The summed E-state index contributed by atoms with van der Waals surface area (Å²) < 4.78 is 0. The third-order valence-corrected chi connectivity index (χ3v) is 4.44. The second kappa shape index (κ2) is 7.57. The summed E-state index contributed by atoms with van der Waals surface area (Å²) in [5, 5.41) is 23.8. The molecular formula is C20H24N2O2S. The monoisotopic (exact) mass is 356 g/mol. The summed E-state index contributed by atoms with van der Waals surface area (Å²) in [7, 11) is 1.74. The molecule has 132 valence electrons. The van der Waals surface area contributed by atoms with Crippen molar-refractivity contribution in [3.05, 3.63) is 59.7 Å². The Morgan fingerprint density at radius 1 is 1.12 bits per heavy atom. The first-order chi connectivity index (χ1) is 11.8. The van der Waals surface area contributed by atoms with E-state index < -0.39 is 0 Å². The van der Waals surface area contributed by atoms with Crippen LogP contribution in [0.1, 0.15) is 36.5 Å². The van der Waals surface area contributed by atoms with Gasteiger partial charge in [0.05, 0.1) is 5.70 Å². The molecule has 5 heteroatoms. The standard InChI is InChI=1S/C20H24N2O2S/c1-12(2)16-10-17(19(24)11-18(16)23)14(4)22(20(25)21-5)15-8-6-13(3)7-9-15/h6-12,23-24H,4H2,1-3,5H3,(H,21,25). The van der Waals surface area contributed by atoms with Gasteiger partial charge in [-0.25, -0.2) is 0 Å². The van der Waals surface area contributed by atoms with E-state index in [1.54, 1.807) is 18.0 Å². The third kappa shape index (κ3) is 3.94. The number of rotatable bonds is 4. The van der Waals surface area contributed by atoms with Crippen molar-refractivity contribution in [1.29, 1.82) is 0 Å². The Hall–Kier alpha value is -2.53. The molecule has 0 spiro atoms. The second-order valence-electron chi connectivity index (χ2n) is 6.26. The van der Waals surface area contributed by atoms with E-state index in [1.807, 2.05) is 45.0 Å². The van der Waals surface area contributed by atoms with Gasteiger partial charge < -0.3 is 15.5 Å². The number of nitrogens with one attached hydrogen (secondary N) is 1. The number of phenolic OH excluding ortho intramolecular Hbond substituents is 2. The van der Waals surface area contributed by atoms with Gasteiger partial charge in [0.1, 0.15) is 11.5 Å². The minimum atomic E-state index is -0.0390. The van der Waals surface area contributed by atoms with Crippen molar-refractivity contribution in [3.8, 4) is 11.5 Å². The molecule has 0 fully saturated rings. The van der Waals surface area contributed by atoms with Gasteiger partial charge >= 0.3 is 0 Å². The van der Waals surface area contributed by atoms with E-state index in [9.17, 15) is 10.2 Å². The Morgan fingerprint density at radius 2 is 1.72 bits per heavy atom. The average Bonchev–Trinajstić information content (AvgIpc) is 2.56. The molecule has 0 aliphatic carbocycles. The number of phenols is 2. The molecule has 0 saturated carbocycles. The molecule has 0 amide bonds. The SMILES string of the molecule is C=C(c1cc(C(C)C)c(O)cc1O)N(C(=S)NC)c1ccc(C)cc1. The number of aromatic hydroxyl groups is 2. The third-order valence-electron chi connectivity index (χ3n) is 4.06. The second-order valence-corrected chi connectivity index (χ2v) is 6.64. The molecule has 4 nitrogen and oxygen atoms in total. The molecule has 0 radical (unpaired) electrons. The normalized spacial score (nSPS) is 10.6. The lowest BCUT2D eigenvalue weighted by molar-refractivity contribution is 0.443. The summed E-state index contributed by atoms with van der Waals surface area (Å²) in [6.07, 6.45) is 0. The molecular weight excluding hydrogens is 332 g/mol. The Kier molecular flexibility index (Phi) is 5.69. The molecule has 0 unspecified atom stereocenters. The zero-order valence-electron chi connectivity index (χ0n) is 15.0. The zero-order valence-corrected chi connectivity index (χ0v) is 15.8. The minimum Gasteiger partial charge on any atom is -0.508 e. The van der Waals surface area contributed by atoms with Gasteiger partial charge in [0, 0.05) is 24.4 Å². The summed E-state index contributed by atoms with van der Waals surface area (Å²) in [6.45, 7) is 10.1. The van der Waals surface area contributed by atoms with Crippen molar-refractivity contribution in [2.24, 2.45) is 0 Å². The van der Waals surface area contributed by atoms with Crippen LogP contribution in [0.2, 0.25) is 0 Å². The highest BCUT2D eigenvalue weighted by molar-refractivity contribution is 7.80. The first-order valence-corrected chi connectivity index (χ1v) is 8.50. The van der Waals surface area contributed by atoms with E-state index >= 15 is 0 Å². The van der Waals surface area contributed by atoms with Gasteiger partial charge in [-0.05, 0) is 48.8 Å². The molecule has 0 saturated heterocycles. The minimum absolute atomic E-state index is 0.0390. The van der Waals surface area contributed by atoms with Crippen LogP contribution < -0.4 is 10.2 Å². The molecule has 2 aromatic carbocycles. The van der Waals surface area contributed by atoms with E-state index in [0.29, 0.717) is 16.4 Å². The van der Waals surface area contributed by atoms with Crippen molar-refractivity contribution >= 4 is 28.7 Å². The van der Waals surface area contributed by atoms with Crippen LogP contribution in [0, 0.1) is 6.92 Å². The molecule has 2 rings (SSSR count). The van der Waals surface area contributed by atoms with E-state index in [2.05, 4.69) is 11.9 Å². The summed E-state index contributed by atoms with van der Waals surface area (Å²) in [6, 6.07) is 11.0. The van der Waals surface area contributed by atoms with Crippen molar-refractivity contribution in [2.75, 3.05) is 11.9 Å². The average molecular weight is 356 g/mol. The number of thiocarbonyl (C=S) groups is 1. The first kappa shape index (κ1) is 18.8. The molecule has 0 aliphatic rings. The van der Waals surface area contributed by atoms with Gasteiger partial charge in [0.15, 0.2) is 5.11 Å². The Labute approximate surface area is 154 Å². The van der Waals surface area contributed by atoms with Crippen LogP contribution in [-0.4, -0.2) is 22.4 Å². The Morgan fingerprint density at radius 3 is 2.24 bits per heavy atom. The summed E-state index contributed by atoms with van der Waals surface area (Å²) >= 11 is 5.44. The highest BCUT2D eigenvalue weighted by Crippen LogP contribution is 2.37. The highest BCUT2D eigenvalue weighted by atomic mass is 32.1. The summed E-state index contributed by atoms with van der Waals surface area (Å²) in [5.41, 5.74) is 3.78. The molecule has 0 aliphatic heterocycles. The van der Waals surface area contributed by atoms with E-state index in [1.165, 1.54) is 6.07 Å². The smallest absolute Gasteiger partial charge is 0.177 e. The molecule has 25 heavy (non-hydrogen) atoms. The molecule has 0 heterocycles. The predicted molar refractivity (Wildman–Crippen MR) is 108 cm³/mol. The van der Waals surface area contributed by atoms with Crippen LogP contribution in [0.4, 0.5) is 5.69 Å². The number of anilines is 1. The van der Waals surface area contributed by atoms with Crippen LogP contribution in [0.15, 0.2) is 43.0 Å². The molecule has 0 aromatic heterocycles. The topological polar surface area (TPSA) is 55.7 Å². The number of hydrogen-bond acceptors (Lipinski definition) is 3. The van der Waals surface area contributed by atoms with Crippen molar-refractivity contribution < 1.29 is 10.2 Å². The fourth-order valence-electron chi connectivity index (χ4n) is 2.61. The van der Waals surface area contributed by atoms with Gasteiger partial charge in [0.25, 0.3) is 0 Å². The van der Waals surface area contributed by atoms with Crippen LogP contribution >= 0.6 is 12.2 Å². The van der Waals surface area contributed by atoms with Crippen molar-refractivity contribution in [3.63, 3.8) is 0 Å². The molecule has 3 N–H and O–H groups in total. The lowest BCUT2D eigenvalue weighted by Gasteiger charge is -2.28. The van der Waals surface area contributed by atoms with Gasteiger partial charge in [-0.1, -0.05) is 38.1 Å². The fourth-order valence-corrected chi connectivity index (χ4v) is 2.82. The number of aryl methyl sites for hydroxylation is 1. The molecule has 0 atom stereocenters. The number of hydrogen-bond donors (Lipinski definition) is 3. The number of benzene rings is 2. The van der Waals surface area contributed by atoms with E-state index in [4.69, 9.17) is 12.2 Å². The lowest BCUT2D eigenvalue weighted by atomic mass is 9.97. The fraction of sp³-hybridized carbons (Fsp3) is 0.250. The lowest BCUT2D eigenvalue weighted by Crippen LogP contribution is -2.36. The molecule has 0 bridgehead atoms. The largest absolute Gasteiger partial charge is 0.508 e. The van der Waals surface area contributed by atoms with Crippen LogP contribution in [0.5, 0.6) is 11.5 Å². The summed E-state index contributed by atoms with van der Waals surface area (Å²) in [5.74, 6) is 0.140. The van der Waals surface area contributed by atoms with Crippen LogP contribution in [0.25, 0.3) is 5.70 Å². The van der Waals surface area contributed by atoms with Gasteiger partial charge in [-0.2, -0.15) is 0 Å². The van der Waals surface area contributed by atoms with Gasteiger partial charge in [-0.3, -0.25) is 4.90 Å². The number of nitrogens with zero attached hydrogens (tertiary/aromatic N) is 1. The van der Waals surface area contributed by atoms with Crippen molar-refractivity contribution in [2.45, 2.75) is 26.7 Å². The predicted octanol–water partition coefficient (Wildman–Crippen LogP) is 4.51.